The number of aliphatic hydroxyl groups is 2. The van der Waals surface area contributed by atoms with Crippen molar-refractivity contribution in [2.75, 3.05) is 5.73 Å². The predicted molar refractivity (Wildman–Crippen MR) is 62.1 cm³/mol. The van der Waals surface area contributed by atoms with Gasteiger partial charge in [0, 0.05) is 6.20 Å². The van der Waals surface area contributed by atoms with Crippen LogP contribution in [0.4, 0.5) is 5.82 Å². The smallest absolute Gasteiger partial charge is 0.151 e. The summed E-state index contributed by atoms with van der Waals surface area (Å²) in [4.78, 5) is 8.12. The van der Waals surface area contributed by atoms with Crippen molar-refractivity contribution < 1.29 is 10.2 Å². The van der Waals surface area contributed by atoms with E-state index in [9.17, 15) is 10.2 Å². The molecule has 0 saturated carbocycles. The third-order valence-electron chi connectivity index (χ3n) is 3.05. The van der Waals surface area contributed by atoms with Crippen LogP contribution in [0, 0.1) is 0 Å². The first-order valence-electron chi connectivity index (χ1n) is 5.30. The Morgan fingerprint density at radius 2 is 2.06 bits per heavy atom. The first-order valence-corrected chi connectivity index (χ1v) is 5.30. The first kappa shape index (κ1) is 10.2. The predicted octanol–water partition coefficient (Wildman–Crippen LogP) is -0.154. The van der Waals surface area contributed by atoms with Crippen LogP contribution in [0.2, 0.25) is 0 Å². The average Bonchev–Trinajstić information content (AvgIpc) is 2.86. The minimum atomic E-state index is -0.859. The van der Waals surface area contributed by atoms with E-state index in [2.05, 4.69) is 9.97 Å². The SMILES string of the molecule is Nc1nccc2c1ncn2[C@H]1C=C[C@H](O)[C@@H]1O. The summed E-state index contributed by atoms with van der Waals surface area (Å²) < 4.78 is 1.78. The Balaban J connectivity index is 2.13. The molecule has 2 heterocycles. The number of pyridine rings is 1. The normalized spacial score (nSPS) is 28.0. The second-order valence-electron chi connectivity index (χ2n) is 4.07. The van der Waals surface area contributed by atoms with Gasteiger partial charge in [-0.1, -0.05) is 12.2 Å². The van der Waals surface area contributed by atoms with Gasteiger partial charge in [0.05, 0.1) is 17.9 Å². The molecule has 17 heavy (non-hydrogen) atoms. The van der Waals surface area contributed by atoms with Crippen LogP contribution in [0.15, 0.2) is 30.7 Å². The van der Waals surface area contributed by atoms with Crippen LogP contribution in [-0.2, 0) is 0 Å². The fraction of sp³-hybridized carbons (Fsp3) is 0.273. The van der Waals surface area contributed by atoms with E-state index in [1.807, 2.05) is 0 Å². The lowest BCUT2D eigenvalue weighted by Crippen LogP contribution is -2.27. The Morgan fingerprint density at radius 1 is 1.24 bits per heavy atom. The molecule has 0 radical (unpaired) electrons. The first-order chi connectivity index (χ1) is 8.18. The number of hydrogen-bond donors (Lipinski definition) is 3. The topological polar surface area (TPSA) is 97.2 Å². The Hall–Kier alpha value is -1.92. The maximum atomic E-state index is 9.85. The molecule has 6 heteroatoms. The van der Waals surface area contributed by atoms with E-state index < -0.39 is 12.2 Å². The van der Waals surface area contributed by atoms with Crippen molar-refractivity contribution in [1.29, 1.82) is 0 Å². The van der Waals surface area contributed by atoms with Crippen LogP contribution >= 0.6 is 0 Å². The van der Waals surface area contributed by atoms with Gasteiger partial charge in [-0.15, -0.1) is 0 Å². The Labute approximate surface area is 97.0 Å². The van der Waals surface area contributed by atoms with E-state index >= 15 is 0 Å². The molecule has 3 atom stereocenters. The Morgan fingerprint density at radius 3 is 2.76 bits per heavy atom. The van der Waals surface area contributed by atoms with E-state index in [0.29, 0.717) is 11.3 Å². The summed E-state index contributed by atoms with van der Waals surface area (Å²) in [6, 6.07) is 1.46. The van der Waals surface area contributed by atoms with Crippen molar-refractivity contribution in [3.05, 3.63) is 30.7 Å². The molecule has 0 unspecified atom stereocenters. The summed E-state index contributed by atoms with van der Waals surface area (Å²) in [5, 5.41) is 19.3. The molecule has 0 aliphatic heterocycles. The average molecular weight is 232 g/mol. The second kappa shape index (κ2) is 3.54. The molecule has 0 spiro atoms. The highest BCUT2D eigenvalue weighted by atomic mass is 16.3. The van der Waals surface area contributed by atoms with Crippen LogP contribution < -0.4 is 5.73 Å². The molecule has 2 aromatic heterocycles. The highest BCUT2D eigenvalue weighted by Crippen LogP contribution is 2.28. The summed E-state index contributed by atoms with van der Waals surface area (Å²) in [6.45, 7) is 0. The molecule has 3 rings (SSSR count). The number of hydrogen-bond acceptors (Lipinski definition) is 5. The van der Waals surface area contributed by atoms with Gasteiger partial charge < -0.3 is 20.5 Å². The number of anilines is 1. The fourth-order valence-corrected chi connectivity index (χ4v) is 2.13. The largest absolute Gasteiger partial charge is 0.388 e. The number of nitrogen functional groups attached to an aromatic ring is 1. The van der Waals surface area contributed by atoms with Crippen molar-refractivity contribution in [2.45, 2.75) is 18.2 Å². The van der Waals surface area contributed by atoms with Crippen molar-refractivity contribution in [2.24, 2.45) is 0 Å². The quantitative estimate of drug-likeness (QED) is 0.594. The maximum Gasteiger partial charge on any atom is 0.151 e. The monoisotopic (exact) mass is 232 g/mol. The van der Waals surface area contributed by atoms with Crippen molar-refractivity contribution in [1.82, 2.24) is 14.5 Å². The number of rotatable bonds is 1. The maximum absolute atomic E-state index is 9.85. The van der Waals surface area contributed by atoms with E-state index in [1.54, 1.807) is 35.3 Å². The van der Waals surface area contributed by atoms with Crippen molar-refractivity contribution in [3.8, 4) is 0 Å². The van der Waals surface area contributed by atoms with Gasteiger partial charge in [0.2, 0.25) is 0 Å². The molecule has 6 nitrogen and oxygen atoms in total. The molecule has 0 bridgehead atoms. The molecular weight excluding hydrogens is 220 g/mol. The van der Waals surface area contributed by atoms with E-state index in [4.69, 9.17) is 5.73 Å². The molecule has 0 fully saturated rings. The molecule has 4 N–H and O–H groups in total. The second-order valence-corrected chi connectivity index (χ2v) is 4.07. The minimum Gasteiger partial charge on any atom is -0.388 e. The van der Waals surface area contributed by atoms with E-state index in [-0.39, 0.29) is 6.04 Å². The lowest BCUT2D eigenvalue weighted by atomic mass is 10.2. The number of imidazole rings is 1. The molecule has 1 aliphatic rings. The minimum absolute atomic E-state index is 0.322. The van der Waals surface area contributed by atoms with Gasteiger partial charge in [0.25, 0.3) is 0 Å². The highest BCUT2D eigenvalue weighted by Gasteiger charge is 2.30. The standard InChI is InChI=1S/C11H12N4O2/c12-11-9-6(3-4-13-11)15(5-14-9)7-1-2-8(16)10(7)17/h1-5,7-8,10,16-17H,(H2,12,13)/t7-,8-,10+/m0/s1. The molecule has 0 amide bonds. The van der Waals surface area contributed by atoms with Gasteiger partial charge in [-0.25, -0.2) is 9.97 Å². The fourth-order valence-electron chi connectivity index (χ4n) is 2.13. The van der Waals surface area contributed by atoms with Gasteiger partial charge in [-0.05, 0) is 6.07 Å². The summed E-state index contributed by atoms with van der Waals surface area (Å²) in [7, 11) is 0. The number of nitrogens with zero attached hydrogens (tertiary/aromatic N) is 3. The van der Waals surface area contributed by atoms with Crippen molar-refractivity contribution >= 4 is 16.9 Å². The van der Waals surface area contributed by atoms with E-state index in [1.165, 1.54) is 0 Å². The van der Waals surface area contributed by atoms with Crippen LogP contribution in [0.3, 0.4) is 0 Å². The van der Waals surface area contributed by atoms with Gasteiger partial charge in [-0.3, -0.25) is 0 Å². The van der Waals surface area contributed by atoms with Crippen LogP contribution in [-0.4, -0.2) is 37.0 Å². The molecule has 2 aromatic rings. The zero-order valence-electron chi connectivity index (χ0n) is 8.93. The lowest BCUT2D eigenvalue weighted by molar-refractivity contribution is 0.0376. The summed E-state index contributed by atoms with van der Waals surface area (Å²) in [5.74, 6) is 0.360. The van der Waals surface area contributed by atoms with Gasteiger partial charge in [-0.2, -0.15) is 0 Å². The summed E-state index contributed by atoms with van der Waals surface area (Å²) in [5.41, 5.74) is 7.11. The number of nitrogens with two attached hydrogens (primary N) is 1. The molecule has 1 aliphatic carbocycles. The van der Waals surface area contributed by atoms with Gasteiger partial charge in [0.15, 0.2) is 5.82 Å². The summed E-state index contributed by atoms with van der Waals surface area (Å²) >= 11 is 0. The van der Waals surface area contributed by atoms with Crippen LogP contribution in [0.1, 0.15) is 6.04 Å². The molecule has 0 aromatic carbocycles. The van der Waals surface area contributed by atoms with Crippen LogP contribution in [0.25, 0.3) is 11.0 Å². The Kier molecular flexibility index (Phi) is 2.13. The Bertz CT molecular complexity index is 592. The zero-order valence-corrected chi connectivity index (χ0v) is 8.93. The third kappa shape index (κ3) is 1.42. The number of aromatic nitrogens is 3. The molecular formula is C11H12N4O2. The zero-order chi connectivity index (χ0) is 12.0. The number of aliphatic hydroxyl groups excluding tert-OH is 2. The van der Waals surface area contributed by atoms with Crippen molar-refractivity contribution in [3.63, 3.8) is 0 Å². The van der Waals surface area contributed by atoms with E-state index in [0.717, 1.165) is 5.52 Å². The lowest BCUT2D eigenvalue weighted by Gasteiger charge is -2.18. The van der Waals surface area contributed by atoms with Gasteiger partial charge >= 0.3 is 0 Å². The molecule has 88 valence electrons. The third-order valence-corrected chi connectivity index (χ3v) is 3.05. The summed E-state index contributed by atoms with van der Waals surface area (Å²) in [6.07, 6.45) is 4.83. The van der Waals surface area contributed by atoms with Gasteiger partial charge in [0.1, 0.15) is 17.7 Å². The number of fused-ring (bicyclic) bond motifs is 1. The highest BCUT2D eigenvalue weighted by molar-refractivity contribution is 5.84. The van der Waals surface area contributed by atoms with Crippen LogP contribution in [0.5, 0.6) is 0 Å². The molecule has 0 saturated heterocycles.